The molecular weight excluding hydrogens is 347 g/mol. The van der Waals surface area contributed by atoms with E-state index in [4.69, 9.17) is 23.2 Å². The minimum atomic E-state index is -0.222. The van der Waals surface area contributed by atoms with Gasteiger partial charge in [-0.05, 0) is 42.7 Å². The molecule has 0 heterocycles. The molecule has 2 amide bonds. The molecule has 0 aliphatic heterocycles. The predicted molar refractivity (Wildman–Crippen MR) is 95.7 cm³/mol. The smallest absolute Gasteiger partial charge is 0.253 e. The van der Waals surface area contributed by atoms with Crippen LogP contribution in [0.25, 0.3) is 0 Å². The van der Waals surface area contributed by atoms with E-state index in [1.807, 2.05) is 0 Å². The quantitative estimate of drug-likeness (QED) is 0.842. The van der Waals surface area contributed by atoms with Crippen LogP contribution in [0.15, 0.2) is 42.5 Å². The molecule has 6 heteroatoms. The van der Waals surface area contributed by atoms with Gasteiger partial charge >= 0.3 is 0 Å². The SMILES string of the molecule is O=C(Cc1ccc(Cl)c(Cl)c1)Nc1ccccc1C(=O)NC1CC1. The van der Waals surface area contributed by atoms with Crippen LogP contribution in [0.5, 0.6) is 0 Å². The van der Waals surface area contributed by atoms with E-state index in [1.54, 1.807) is 42.5 Å². The Hall–Kier alpha value is -2.04. The third-order valence-electron chi connectivity index (χ3n) is 3.71. The number of hydrogen-bond donors (Lipinski definition) is 2. The van der Waals surface area contributed by atoms with Crippen LogP contribution in [0, 0.1) is 0 Å². The Morgan fingerprint density at radius 1 is 1.04 bits per heavy atom. The molecule has 0 atom stereocenters. The molecule has 3 rings (SSSR count). The van der Waals surface area contributed by atoms with Crippen molar-refractivity contribution in [1.82, 2.24) is 5.32 Å². The number of carbonyl (C=O) groups excluding carboxylic acids is 2. The Bertz CT molecular complexity index is 788. The molecule has 4 nitrogen and oxygen atoms in total. The van der Waals surface area contributed by atoms with E-state index >= 15 is 0 Å². The summed E-state index contributed by atoms with van der Waals surface area (Å²) in [5, 5.41) is 6.57. The van der Waals surface area contributed by atoms with Crippen molar-refractivity contribution in [1.29, 1.82) is 0 Å². The van der Waals surface area contributed by atoms with Crippen molar-refractivity contribution in [2.45, 2.75) is 25.3 Å². The van der Waals surface area contributed by atoms with E-state index in [0.29, 0.717) is 21.3 Å². The molecule has 0 spiro atoms. The first-order valence-corrected chi connectivity index (χ1v) is 8.42. The normalized spacial score (nSPS) is 13.4. The zero-order valence-corrected chi connectivity index (χ0v) is 14.3. The van der Waals surface area contributed by atoms with E-state index < -0.39 is 0 Å². The molecule has 0 saturated heterocycles. The summed E-state index contributed by atoms with van der Waals surface area (Å²) in [5.41, 5.74) is 1.72. The molecule has 1 saturated carbocycles. The summed E-state index contributed by atoms with van der Waals surface area (Å²) in [5.74, 6) is -0.386. The fourth-order valence-corrected chi connectivity index (χ4v) is 2.63. The molecule has 1 fully saturated rings. The number of nitrogens with one attached hydrogen (secondary N) is 2. The van der Waals surface area contributed by atoms with Crippen molar-refractivity contribution in [3.8, 4) is 0 Å². The summed E-state index contributed by atoms with van der Waals surface area (Å²) >= 11 is 11.8. The van der Waals surface area contributed by atoms with Gasteiger partial charge in [0.1, 0.15) is 0 Å². The predicted octanol–water partition coefficient (Wildman–Crippen LogP) is 4.07. The second-order valence-corrected chi connectivity index (χ2v) is 6.58. The fraction of sp³-hybridized carbons (Fsp3) is 0.222. The minimum Gasteiger partial charge on any atom is -0.349 e. The summed E-state index contributed by atoms with van der Waals surface area (Å²) in [6.07, 6.45) is 2.17. The summed E-state index contributed by atoms with van der Waals surface area (Å²) in [6.45, 7) is 0. The lowest BCUT2D eigenvalue weighted by Gasteiger charge is -2.11. The van der Waals surface area contributed by atoms with Gasteiger partial charge in [0, 0.05) is 6.04 Å². The number of anilines is 1. The third kappa shape index (κ3) is 4.28. The maximum Gasteiger partial charge on any atom is 0.253 e. The van der Waals surface area contributed by atoms with Gasteiger partial charge in [-0.15, -0.1) is 0 Å². The number of para-hydroxylation sites is 1. The highest BCUT2D eigenvalue weighted by molar-refractivity contribution is 6.42. The number of hydrogen-bond acceptors (Lipinski definition) is 2. The first-order chi connectivity index (χ1) is 11.5. The average molecular weight is 363 g/mol. The molecular formula is C18H16Cl2N2O2. The zero-order valence-electron chi connectivity index (χ0n) is 12.8. The Morgan fingerprint density at radius 3 is 2.50 bits per heavy atom. The summed E-state index contributed by atoms with van der Waals surface area (Å²) < 4.78 is 0. The van der Waals surface area contributed by atoms with Gasteiger partial charge in [-0.25, -0.2) is 0 Å². The van der Waals surface area contributed by atoms with Gasteiger partial charge in [-0.1, -0.05) is 41.4 Å². The summed E-state index contributed by atoms with van der Waals surface area (Å²) in [6, 6.07) is 12.3. The molecule has 0 bridgehead atoms. The van der Waals surface area contributed by atoms with Gasteiger partial charge in [0.2, 0.25) is 5.91 Å². The average Bonchev–Trinajstić information content (AvgIpc) is 3.35. The van der Waals surface area contributed by atoms with Gasteiger partial charge in [0.15, 0.2) is 0 Å². The molecule has 0 radical (unpaired) electrons. The first-order valence-electron chi connectivity index (χ1n) is 7.66. The molecule has 0 unspecified atom stereocenters. The standard InChI is InChI=1S/C18H16Cl2N2O2/c19-14-8-5-11(9-15(14)20)10-17(23)22-16-4-2-1-3-13(16)18(24)21-12-6-7-12/h1-5,8-9,12H,6-7,10H2,(H,21,24)(H,22,23). The Morgan fingerprint density at radius 2 is 1.79 bits per heavy atom. The minimum absolute atomic E-state index is 0.148. The summed E-state index contributed by atoms with van der Waals surface area (Å²) in [7, 11) is 0. The highest BCUT2D eigenvalue weighted by Gasteiger charge is 2.25. The largest absolute Gasteiger partial charge is 0.349 e. The highest BCUT2D eigenvalue weighted by atomic mass is 35.5. The molecule has 0 aromatic heterocycles. The second kappa shape index (κ2) is 7.24. The van der Waals surface area contributed by atoms with E-state index in [9.17, 15) is 9.59 Å². The highest BCUT2D eigenvalue weighted by Crippen LogP contribution is 2.24. The van der Waals surface area contributed by atoms with Crippen LogP contribution in [0.2, 0.25) is 10.0 Å². The molecule has 124 valence electrons. The maximum atomic E-state index is 12.3. The van der Waals surface area contributed by atoms with Crippen LogP contribution < -0.4 is 10.6 Å². The topological polar surface area (TPSA) is 58.2 Å². The molecule has 2 N–H and O–H groups in total. The lowest BCUT2D eigenvalue weighted by molar-refractivity contribution is -0.115. The first kappa shape index (κ1) is 16.8. The van der Waals surface area contributed by atoms with Crippen molar-refractivity contribution >= 4 is 40.7 Å². The number of benzene rings is 2. The van der Waals surface area contributed by atoms with Crippen LogP contribution in [0.3, 0.4) is 0 Å². The van der Waals surface area contributed by atoms with Crippen LogP contribution >= 0.6 is 23.2 Å². The van der Waals surface area contributed by atoms with Crippen LogP contribution in [0.1, 0.15) is 28.8 Å². The Balaban J connectivity index is 1.69. The Labute approximate surface area is 150 Å². The number of carbonyl (C=O) groups is 2. The molecule has 2 aromatic carbocycles. The van der Waals surface area contributed by atoms with Crippen molar-refractivity contribution < 1.29 is 9.59 Å². The molecule has 24 heavy (non-hydrogen) atoms. The molecule has 1 aliphatic rings. The van der Waals surface area contributed by atoms with Gasteiger partial charge in [-0.2, -0.15) is 0 Å². The van der Waals surface area contributed by atoms with Crippen LogP contribution in [0.4, 0.5) is 5.69 Å². The van der Waals surface area contributed by atoms with E-state index in [2.05, 4.69) is 10.6 Å². The third-order valence-corrected chi connectivity index (χ3v) is 4.45. The lowest BCUT2D eigenvalue weighted by atomic mass is 10.1. The number of halogens is 2. The second-order valence-electron chi connectivity index (χ2n) is 5.77. The lowest BCUT2D eigenvalue weighted by Crippen LogP contribution is -2.27. The van der Waals surface area contributed by atoms with E-state index in [1.165, 1.54) is 0 Å². The van der Waals surface area contributed by atoms with E-state index in [0.717, 1.165) is 18.4 Å². The molecule has 1 aliphatic carbocycles. The Kier molecular flexibility index (Phi) is 5.07. The van der Waals surface area contributed by atoms with Crippen LogP contribution in [-0.4, -0.2) is 17.9 Å². The molecule has 2 aromatic rings. The number of amides is 2. The zero-order chi connectivity index (χ0) is 17.1. The summed E-state index contributed by atoms with van der Waals surface area (Å²) in [4.78, 5) is 24.5. The van der Waals surface area contributed by atoms with Crippen molar-refractivity contribution in [3.05, 3.63) is 63.6 Å². The van der Waals surface area contributed by atoms with Crippen molar-refractivity contribution in [3.63, 3.8) is 0 Å². The van der Waals surface area contributed by atoms with E-state index in [-0.39, 0.29) is 24.3 Å². The van der Waals surface area contributed by atoms with Crippen molar-refractivity contribution in [2.75, 3.05) is 5.32 Å². The van der Waals surface area contributed by atoms with Gasteiger partial charge in [-0.3, -0.25) is 9.59 Å². The van der Waals surface area contributed by atoms with Gasteiger partial charge in [0.25, 0.3) is 5.91 Å². The van der Waals surface area contributed by atoms with Crippen molar-refractivity contribution in [2.24, 2.45) is 0 Å². The van der Waals surface area contributed by atoms with Gasteiger partial charge in [0.05, 0.1) is 27.7 Å². The number of rotatable bonds is 5. The van der Waals surface area contributed by atoms with Crippen LogP contribution in [-0.2, 0) is 11.2 Å². The van der Waals surface area contributed by atoms with Gasteiger partial charge < -0.3 is 10.6 Å². The monoisotopic (exact) mass is 362 g/mol. The fourth-order valence-electron chi connectivity index (χ4n) is 2.31. The maximum absolute atomic E-state index is 12.3.